The highest BCUT2D eigenvalue weighted by Gasteiger charge is 2.03. The van der Waals surface area contributed by atoms with Gasteiger partial charge in [-0.25, -0.2) is 9.97 Å². The van der Waals surface area contributed by atoms with Crippen molar-refractivity contribution in [3.05, 3.63) is 42.6 Å². The number of fused-ring (bicyclic) bond motifs is 3. The third-order valence-electron chi connectivity index (χ3n) is 2.91. The fourth-order valence-corrected chi connectivity index (χ4v) is 2.08. The lowest BCUT2D eigenvalue weighted by molar-refractivity contribution is 1.10. The highest BCUT2D eigenvalue weighted by atomic mass is 15.1. The van der Waals surface area contributed by atoms with Crippen LogP contribution in [0.25, 0.3) is 33.0 Å². The Morgan fingerprint density at radius 2 is 1.76 bits per heavy atom. The van der Waals surface area contributed by atoms with Crippen LogP contribution in [-0.2, 0) is 0 Å². The summed E-state index contributed by atoms with van der Waals surface area (Å²) in [6.45, 7) is 0. The summed E-state index contributed by atoms with van der Waals surface area (Å²) >= 11 is 0. The molecule has 0 spiro atoms. The SMILES string of the molecule is c1ccc2nc3nc4[nH]ncc4cc3cc2c1. The Balaban J connectivity index is 2.23. The van der Waals surface area contributed by atoms with E-state index in [9.17, 15) is 0 Å². The molecule has 3 heterocycles. The second-order valence-electron chi connectivity index (χ2n) is 4.02. The van der Waals surface area contributed by atoms with Crippen molar-refractivity contribution in [2.24, 2.45) is 0 Å². The summed E-state index contributed by atoms with van der Waals surface area (Å²) in [5, 5.41) is 10.0. The lowest BCUT2D eigenvalue weighted by atomic mass is 10.1. The largest absolute Gasteiger partial charge is 0.261 e. The summed E-state index contributed by atoms with van der Waals surface area (Å²) < 4.78 is 0. The molecule has 0 aliphatic carbocycles. The molecular formula is C13H8N4. The molecule has 4 heteroatoms. The molecule has 0 fully saturated rings. The van der Waals surface area contributed by atoms with Crippen LogP contribution in [0.3, 0.4) is 0 Å². The first kappa shape index (κ1) is 8.64. The maximum atomic E-state index is 4.55. The van der Waals surface area contributed by atoms with Crippen LogP contribution in [0.5, 0.6) is 0 Å². The zero-order valence-electron chi connectivity index (χ0n) is 8.88. The van der Waals surface area contributed by atoms with Gasteiger partial charge in [-0.1, -0.05) is 18.2 Å². The first-order valence-corrected chi connectivity index (χ1v) is 5.40. The second kappa shape index (κ2) is 3.01. The van der Waals surface area contributed by atoms with E-state index in [4.69, 9.17) is 0 Å². The summed E-state index contributed by atoms with van der Waals surface area (Å²) in [5.74, 6) is 0. The molecule has 3 aromatic heterocycles. The van der Waals surface area contributed by atoms with Crippen molar-refractivity contribution in [1.82, 2.24) is 20.2 Å². The first-order valence-electron chi connectivity index (χ1n) is 5.40. The smallest absolute Gasteiger partial charge is 0.162 e. The fraction of sp³-hybridized carbons (Fsp3) is 0. The van der Waals surface area contributed by atoms with Crippen LogP contribution in [0.15, 0.2) is 42.6 Å². The van der Waals surface area contributed by atoms with Gasteiger partial charge in [0.25, 0.3) is 0 Å². The number of aromatic amines is 1. The van der Waals surface area contributed by atoms with E-state index in [2.05, 4.69) is 38.4 Å². The Morgan fingerprint density at radius 1 is 0.882 bits per heavy atom. The van der Waals surface area contributed by atoms with Gasteiger partial charge in [-0.05, 0) is 18.2 Å². The molecule has 1 N–H and O–H groups in total. The van der Waals surface area contributed by atoms with E-state index in [-0.39, 0.29) is 0 Å². The average Bonchev–Trinajstić information content (AvgIpc) is 2.80. The molecule has 4 nitrogen and oxygen atoms in total. The number of para-hydroxylation sites is 1. The zero-order chi connectivity index (χ0) is 11.2. The number of aromatic nitrogens is 4. The van der Waals surface area contributed by atoms with Gasteiger partial charge in [0.1, 0.15) is 0 Å². The average molecular weight is 220 g/mol. The Labute approximate surface area is 96.3 Å². The third kappa shape index (κ3) is 1.21. The van der Waals surface area contributed by atoms with E-state index in [0.717, 1.165) is 33.0 Å². The summed E-state index contributed by atoms with van der Waals surface area (Å²) in [6, 6.07) is 12.2. The molecule has 0 amide bonds. The van der Waals surface area contributed by atoms with E-state index in [0.29, 0.717) is 0 Å². The van der Waals surface area contributed by atoms with Crippen molar-refractivity contribution < 1.29 is 0 Å². The minimum atomic E-state index is 0.750. The van der Waals surface area contributed by atoms with Crippen molar-refractivity contribution in [2.45, 2.75) is 0 Å². The normalized spacial score (nSPS) is 11.5. The minimum Gasteiger partial charge on any atom is -0.261 e. The summed E-state index contributed by atoms with van der Waals surface area (Å²) in [4.78, 5) is 9.01. The van der Waals surface area contributed by atoms with Gasteiger partial charge in [0.15, 0.2) is 11.3 Å². The molecule has 4 aromatic rings. The van der Waals surface area contributed by atoms with Crippen LogP contribution in [0, 0.1) is 0 Å². The van der Waals surface area contributed by atoms with Crippen molar-refractivity contribution in [3.63, 3.8) is 0 Å². The molecule has 0 bridgehead atoms. The Kier molecular flexibility index (Phi) is 1.53. The van der Waals surface area contributed by atoms with Gasteiger partial charge in [0, 0.05) is 16.2 Å². The van der Waals surface area contributed by atoms with E-state index in [1.54, 1.807) is 6.20 Å². The lowest BCUT2D eigenvalue weighted by Crippen LogP contribution is -1.86. The molecule has 1 aromatic carbocycles. The first-order chi connectivity index (χ1) is 8.40. The quantitative estimate of drug-likeness (QED) is 0.463. The molecule has 17 heavy (non-hydrogen) atoms. The summed E-state index contributed by atoms with van der Waals surface area (Å²) in [7, 11) is 0. The van der Waals surface area contributed by atoms with Gasteiger partial charge >= 0.3 is 0 Å². The van der Waals surface area contributed by atoms with Crippen LogP contribution >= 0.6 is 0 Å². The second-order valence-corrected chi connectivity index (χ2v) is 4.02. The topological polar surface area (TPSA) is 54.5 Å². The van der Waals surface area contributed by atoms with Crippen LogP contribution in [0.4, 0.5) is 0 Å². The van der Waals surface area contributed by atoms with E-state index >= 15 is 0 Å². The molecule has 0 unspecified atom stereocenters. The predicted molar refractivity (Wildman–Crippen MR) is 66.7 cm³/mol. The van der Waals surface area contributed by atoms with Crippen LogP contribution in [-0.4, -0.2) is 20.2 Å². The molecule has 0 aliphatic heterocycles. The van der Waals surface area contributed by atoms with Crippen molar-refractivity contribution in [1.29, 1.82) is 0 Å². The number of nitrogens with zero attached hydrogens (tertiary/aromatic N) is 3. The van der Waals surface area contributed by atoms with E-state index in [1.165, 1.54) is 0 Å². The van der Waals surface area contributed by atoms with Crippen molar-refractivity contribution in [2.75, 3.05) is 0 Å². The van der Waals surface area contributed by atoms with E-state index in [1.807, 2.05) is 18.2 Å². The zero-order valence-corrected chi connectivity index (χ0v) is 8.88. The summed E-state index contributed by atoms with van der Waals surface area (Å²) in [5.41, 5.74) is 2.49. The molecule has 0 saturated heterocycles. The number of rotatable bonds is 0. The van der Waals surface area contributed by atoms with Crippen molar-refractivity contribution >= 4 is 33.0 Å². The maximum Gasteiger partial charge on any atom is 0.162 e. The van der Waals surface area contributed by atoms with Gasteiger partial charge in [0.2, 0.25) is 0 Å². The van der Waals surface area contributed by atoms with Crippen molar-refractivity contribution in [3.8, 4) is 0 Å². The molecule has 4 rings (SSSR count). The lowest BCUT2D eigenvalue weighted by Gasteiger charge is -2.00. The number of nitrogens with one attached hydrogen (secondary N) is 1. The molecule has 0 aliphatic rings. The van der Waals surface area contributed by atoms with Gasteiger partial charge in [-0.2, -0.15) is 5.10 Å². The predicted octanol–water partition coefficient (Wildman–Crippen LogP) is 2.66. The monoisotopic (exact) mass is 220 g/mol. The van der Waals surface area contributed by atoms with Crippen LogP contribution < -0.4 is 0 Å². The molecule has 0 atom stereocenters. The number of hydrogen-bond donors (Lipinski definition) is 1. The molecule has 0 radical (unpaired) electrons. The van der Waals surface area contributed by atoms with Gasteiger partial charge in [-0.3, -0.25) is 5.10 Å². The number of H-pyrrole nitrogens is 1. The van der Waals surface area contributed by atoms with Gasteiger partial charge < -0.3 is 0 Å². The Bertz CT molecular complexity index is 779. The standard InChI is InChI=1S/C13H8N4/c1-2-4-11-8(3-1)5-9-6-10-7-14-17-13(10)16-12(9)15-11/h1-7H,(H,14,15,16,17). The number of pyridine rings is 2. The van der Waals surface area contributed by atoms with Gasteiger partial charge in [-0.15, -0.1) is 0 Å². The minimum absolute atomic E-state index is 0.750. The van der Waals surface area contributed by atoms with Crippen LogP contribution in [0.2, 0.25) is 0 Å². The van der Waals surface area contributed by atoms with E-state index < -0.39 is 0 Å². The van der Waals surface area contributed by atoms with Gasteiger partial charge in [0.05, 0.1) is 11.7 Å². The highest BCUT2D eigenvalue weighted by Crippen LogP contribution is 2.21. The highest BCUT2D eigenvalue weighted by molar-refractivity contribution is 5.95. The number of hydrogen-bond acceptors (Lipinski definition) is 3. The number of benzene rings is 1. The third-order valence-corrected chi connectivity index (χ3v) is 2.91. The Hall–Kier alpha value is -2.49. The summed E-state index contributed by atoms with van der Waals surface area (Å²) in [6.07, 6.45) is 1.77. The molecule has 0 saturated carbocycles. The molecular weight excluding hydrogens is 212 g/mol. The Morgan fingerprint density at radius 3 is 2.76 bits per heavy atom. The fourth-order valence-electron chi connectivity index (χ4n) is 2.08. The van der Waals surface area contributed by atoms with Crippen LogP contribution in [0.1, 0.15) is 0 Å². The maximum absolute atomic E-state index is 4.55. The molecule has 80 valence electrons.